The Bertz CT molecular complexity index is 1200. The predicted octanol–water partition coefficient (Wildman–Crippen LogP) is 6.54. The molecule has 0 unspecified atom stereocenters. The van der Waals surface area contributed by atoms with Crippen molar-refractivity contribution in [3.8, 4) is 17.6 Å². The average Bonchev–Trinajstić information content (AvgIpc) is 2.78. The van der Waals surface area contributed by atoms with Crippen LogP contribution >= 0.6 is 15.9 Å². The van der Waals surface area contributed by atoms with Crippen LogP contribution in [0.5, 0.6) is 11.5 Å². The van der Waals surface area contributed by atoms with Gasteiger partial charge in [0.2, 0.25) is 0 Å². The average molecular weight is 497 g/mol. The summed E-state index contributed by atoms with van der Waals surface area (Å²) in [6, 6.07) is 17.6. The van der Waals surface area contributed by atoms with E-state index in [1.165, 1.54) is 18.2 Å². The van der Waals surface area contributed by atoms with Crippen LogP contribution in [0.4, 0.5) is 10.1 Å². The lowest BCUT2D eigenvalue weighted by Gasteiger charge is -2.15. The molecule has 8 heteroatoms. The van der Waals surface area contributed by atoms with Crippen molar-refractivity contribution in [2.24, 2.45) is 0 Å². The Hall–Kier alpha value is -3.70. The molecular formula is C24H18BrFN2O4. The zero-order valence-corrected chi connectivity index (χ0v) is 18.6. The van der Waals surface area contributed by atoms with E-state index < -0.39 is 10.7 Å². The summed E-state index contributed by atoms with van der Waals surface area (Å²) < 4.78 is 26.3. The summed E-state index contributed by atoms with van der Waals surface area (Å²) >= 11 is 3.47. The normalized spacial score (nSPS) is 11.0. The number of hydrogen-bond donors (Lipinski definition) is 0. The fourth-order valence-electron chi connectivity index (χ4n) is 2.96. The van der Waals surface area contributed by atoms with Gasteiger partial charge in [0.05, 0.1) is 27.6 Å². The minimum atomic E-state index is -0.479. The van der Waals surface area contributed by atoms with Gasteiger partial charge in [0.15, 0.2) is 11.5 Å². The summed E-state index contributed by atoms with van der Waals surface area (Å²) in [5.74, 6) is 0.417. The van der Waals surface area contributed by atoms with E-state index in [2.05, 4.69) is 15.9 Å². The summed E-state index contributed by atoms with van der Waals surface area (Å²) in [5, 5.41) is 20.3. The lowest BCUT2D eigenvalue weighted by atomic mass is 10.0. The zero-order chi connectivity index (χ0) is 23.1. The van der Waals surface area contributed by atoms with E-state index in [1.807, 2.05) is 13.0 Å². The van der Waals surface area contributed by atoms with E-state index in [1.54, 1.807) is 48.5 Å². The quantitative estimate of drug-likeness (QED) is 0.153. The monoisotopic (exact) mass is 496 g/mol. The molecule has 0 bridgehead atoms. The SMILES string of the molecule is CCOc1cc(C=C(C#N)c2ccccc2F)cc(Br)c1OCc1ccc([N+](=O)[O-])cc1. The van der Waals surface area contributed by atoms with E-state index in [9.17, 15) is 19.8 Å². The number of rotatable bonds is 8. The molecule has 0 N–H and O–H groups in total. The van der Waals surface area contributed by atoms with E-state index in [4.69, 9.17) is 9.47 Å². The molecular weight excluding hydrogens is 479 g/mol. The van der Waals surface area contributed by atoms with Gasteiger partial charge in [-0.15, -0.1) is 0 Å². The third-order valence-corrected chi connectivity index (χ3v) is 5.05. The van der Waals surface area contributed by atoms with Crippen LogP contribution in [-0.4, -0.2) is 11.5 Å². The van der Waals surface area contributed by atoms with Crippen molar-refractivity contribution in [1.82, 2.24) is 0 Å². The largest absolute Gasteiger partial charge is 0.490 e. The van der Waals surface area contributed by atoms with Crippen LogP contribution in [0.3, 0.4) is 0 Å². The van der Waals surface area contributed by atoms with Gasteiger partial charge in [-0.2, -0.15) is 5.26 Å². The smallest absolute Gasteiger partial charge is 0.269 e. The topological polar surface area (TPSA) is 85.4 Å². The molecule has 3 aromatic carbocycles. The van der Waals surface area contributed by atoms with Crippen molar-refractivity contribution in [2.75, 3.05) is 6.61 Å². The third kappa shape index (κ3) is 5.50. The Morgan fingerprint density at radius 2 is 1.91 bits per heavy atom. The van der Waals surface area contributed by atoms with Crippen molar-refractivity contribution in [2.45, 2.75) is 13.5 Å². The van der Waals surface area contributed by atoms with Gasteiger partial charge in [-0.05, 0) is 70.4 Å². The van der Waals surface area contributed by atoms with Crippen LogP contribution in [0.25, 0.3) is 11.6 Å². The number of non-ortho nitro benzene ring substituents is 1. The minimum absolute atomic E-state index is 0.00391. The summed E-state index contributed by atoms with van der Waals surface area (Å²) in [7, 11) is 0. The van der Waals surface area contributed by atoms with Gasteiger partial charge in [-0.25, -0.2) is 4.39 Å². The number of nitro groups is 1. The summed E-state index contributed by atoms with van der Waals surface area (Å²) in [5.41, 5.74) is 1.77. The molecule has 0 saturated carbocycles. The molecule has 0 aliphatic heterocycles. The second-order valence-electron chi connectivity index (χ2n) is 6.62. The first kappa shape index (κ1) is 23.0. The van der Waals surface area contributed by atoms with Crippen molar-refractivity contribution in [1.29, 1.82) is 5.26 Å². The minimum Gasteiger partial charge on any atom is -0.490 e. The molecule has 3 rings (SSSR count). The Morgan fingerprint density at radius 3 is 2.53 bits per heavy atom. The zero-order valence-electron chi connectivity index (χ0n) is 17.0. The molecule has 0 atom stereocenters. The van der Waals surface area contributed by atoms with E-state index in [-0.39, 0.29) is 23.4 Å². The van der Waals surface area contributed by atoms with Crippen molar-refractivity contribution < 1.29 is 18.8 Å². The number of benzene rings is 3. The summed E-state index contributed by atoms with van der Waals surface area (Å²) in [6.07, 6.45) is 1.58. The fourth-order valence-corrected chi connectivity index (χ4v) is 3.53. The number of allylic oxidation sites excluding steroid dienone is 1. The molecule has 0 aliphatic carbocycles. The van der Waals surface area contributed by atoms with E-state index in [0.29, 0.717) is 28.1 Å². The standard InChI is InChI=1S/C24H18BrFN2O4/c1-2-31-23-13-17(11-18(14-27)20-5-3-4-6-22(20)26)12-21(25)24(23)32-15-16-7-9-19(10-8-16)28(29)30/h3-13H,2,15H2,1H3. The number of ether oxygens (including phenoxy) is 2. The Balaban J connectivity index is 1.90. The number of hydrogen-bond acceptors (Lipinski definition) is 5. The van der Waals surface area contributed by atoms with Gasteiger partial charge >= 0.3 is 0 Å². The van der Waals surface area contributed by atoms with Gasteiger partial charge in [-0.3, -0.25) is 10.1 Å². The van der Waals surface area contributed by atoms with Crippen molar-refractivity contribution in [3.05, 3.63) is 97.8 Å². The molecule has 3 aromatic rings. The highest BCUT2D eigenvalue weighted by Gasteiger charge is 2.14. The summed E-state index contributed by atoms with van der Waals surface area (Å²) in [6.45, 7) is 2.38. The van der Waals surface area contributed by atoms with Crippen LogP contribution in [0.15, 0.2) is 65.1 Å². The number of nitro benzene ring substituents is 1. The van der Waals surface area contributed by atoms with E-state index in [0.717, 1.165) is 5.56 Å². The first-order valence-electron chi connectivity index (χ1n) is 9.62. The van der Waals surface area contributed by atoms with Gasteiger partial charge in [-0.1, -0.05) is 18.2 Å². The number of nitriles is 1. The molecule has 6 nitrogen and oxygen atoms in total. The molecule has 0 spiro atoms. The fraction of sp³-hybridized carbons (Fsp3) is 0.125. The van der Waals surface area contributed by atoms with Crippen molar-refractivity contribution >= 4 is 33.3 Å². The predicted molar refractivity (Wildman–Crippen MR) is 123 cm³/mol. The molecule has 32 heavy (non-hydrogen) atoms. The molecule has 0 aromatic heterocycles. The Kier molecular flexibility index (Phi) is 7.58. The summed E-state index contributed by atoms with van der Waals surface area (Å²) in [4.78, 5) is 10.3. The van der Waals surface area contributed by atoms with Gasteiger partial charge < -0.3 is 9.47 Å². The maximum Gasteiger partial charge on any atom is 0.269 e. The molecule has 0 saturated heterocycles. The highest BCUT2D eigenvalue weighted by Crippen LogP contribution is 2.38. The van der Waals surface area contributed by atoms with Gasteiger partial charge in [0, 0.05) is 17.7 Å². The highest BCUT2D eigenvalue weighted by atomic mass is 79.9. The maximum atomic E-state index is 14.1. The molecule has 0 amide bonds. The molecule has 0 heterocycles. The lowest BCUT2D eigenvalue weighted by Crippen LogP contribution is -2.01. The first-order chi connectivity index (χ1) is 15.4. The van der Waals surface area contributed by atoms with Gasteiger partial charge in [0.25, 0.3) is 5.69 Å². The second kappa shape index (κ2) is 10.6. The Morgan fingerprint density at radius 1 is 1.19 bits per heavy atom. The van der Waals surface area contributed by atoms with Crippen LogP contribution < -0.4 is 9.47 Å². The first-order valence-corrected chi connectivity index (χ1v) is 10.4. The third-order valence-electron chi connectivity index (χ3n) is 4.46. The highest BCUT2D eigenvalue weighted by molar-refractivity contribution is 9.10. The van der Waals surface area contributed by atoms with Crippen LogP contribution in [0.2, 0.25) is 0 Å². The number of nitrogens with zero attached hydrogens (tertiary/aromatic N) is 2. The van der Waals surface area contributed by atoms with Gasteiger partial charge in [0.1, 0.15) is 12.4 Å². The lowest BCUT2D eigenvalue weighted by molar-refractivity contribution is -0.384. The van der Waals surface area contributed by atoms with Crippen LogP contribution in [0.1, 0.15) is 23.6 Å². The van der Waals surface area contributed by atoms with Crippen LogP contribution in [0, 0.1) is 27.3 Å². The Labute approximate surface area is 192 Å². The molecule has 0 fully saturated rings. The van der Waals surface area contributed by atoms with E-state index >= 15 is 0 Å². The molecule has 162 valence electrons. The molecule has 0 radical (unpaired) electrons. The van der Waals surface area contributed by atoms with Crippen LogP contribution in [-0.2, 0) is 6.61 Å². The maximum absolute atomic E-state index is 14.1. The number of halogens is 2. The second-order valence-corrected chi connectivity index (χ2v) is 7.48. The van der Waals surface area contributed by atoms with Crippen molar-refractivity contribution in [3.63, 3.8) is 0 Å². The molecule has 0 aliphatic rings.